The van der Waals surface area contributed by atoms with Gasteiger partial charge in [0.15, 0.2) is 0 Å². The molecule has 1 aromatic heterocycles. The average Bonchev–Trinajstić information content (AvgIpc) is 2.82. The number of aliphatic hydroxyl groups is 1. The minimum absolute atomic E-state index is 0.000219. The first-order valence-electron chi connectivity index (χ1n) is 11.4. The summed E-state index contributed by atoms with van der Waals surface area (Å²) in [6, 6.07) is 14.4. The second kappa shape index (κ2) is 12.1. The number of alkyl halides is 3. The second-order valence-electron chi connectivity index (χ2n) is 8.86. The number of benzene rings is 1. The van der Waals surface area contributed by atoms with Crippen LogP contribution >= 0.6 is 0 Å². The number of carboxylic acids is 1. The van der Waals surface area contributed by atoms with Gasteiger partial charge in [-0.3, -0.25) is 9.78 Å². The van der Waals surface area contributed by atoms with Crippen LogP contribution in [0.3, 0.4) is 0 Å². The molecule has 2 atom stereocenters. The summed E-state index contributed by atoms with van der Waals surface area (Å²) < 4.78 is 38.0. The van der Waals surface area contributed by atoms with Crippen molar-refractivity contribution < 1.29 is 37.7 Å². The predicted molar refractivity (Wildman–Crippen MR) is 120 cm³/mol. The SMILES string of the molecule is O=C(C1CC(O)C1)N1CC[C@@H](OCc2cccnc2)[C@H](Cc2ccccc2)C1.O=C(O)C(F)(F)F. The zero-order chi connectivity index (χ0) is 25.4. The summed E-state index contributed by atoms with van der Waals surface area (Å²) in [6.07, 6.45) is 1.31. The van der Waals surface area contributed by atoms with Gasteiger partial charge in [0.1, 0.15) is 0 Å². The van der Waals surface area contributed by atoms with Crippen molar-refractivity contribution in [2.45, 2.75) is 50.7 Å². The van der Waals surface area contributed by atoms with Crippen LogP contribution in [0.5, 0.6) is 0 Å². The van der Waals surface area contributed by atoms with Crippen molar-refractivity contribution in [3.8, 4) is 0 Å². The Morgan fingerprint density at radius 3 is 2.31 bits per heavy atom. The molecule has 0 radical (unpaired) electrons. The monoisotopic (exact) mass is 494 g/mol. The molecule has 10 heteroatoms. The molecule has 4 rings (SSSR count). The van der Waals surface area contributed by atoms with Gasteiger partial charge in [-0.15, -0.1) is 0 Å². The molecule has 2 fully saturated rings. The number of nitrogens with zero attached hydrogens (tertiary/aromatic N) is 2. The van der Waals surface area contributed by atoms with E-state index in [4.69, 9.17) is 14.6 Å². The number of aliphatic hydroxyl groups excluding tert-OH is 1. The van der Waals surface area contributed by atoms with Crippen LogP contribution in [0.2, 0.25) is 0 Å². The van der Waals surface area contributed by atoms with E-state index in [1.165, 1.54) is 5.56 Å². The number of likely N-dealkylation sites (tertiary alicyclic amines) is 1. The Balaban J connectivity index is 0.000000429. The van der Waals surface area contributed by atoms with E-state index in [0.29, 0.717) is 19.4 Å². The van der Waals surface area contributed by atoms with Gasteiger partial charge in [-0.1, -0.05) is 36.4 Å². The number of carbonyl (C=O) groups is 2. The molecular weight excluding hydrogens is 465 g/mol. The summed E-state index contributed by atoms with van der Waals surface area (Å²) in [5.41, 5.74) is 2.35. The third kappa shape index (κ3) is 8.03. The number of hydrogen-bond donors (Lipinski definition) is 2. The van der Waals surface area contributed by atoms with E-state index >= 15 is 0 Å². The fourth-order valence-corrected chi connectivity index (χ4v) is 4.28. The number of amides is 1. The van der Waals surface area contributed by atoms with E-state index < -0.39 is 12.1 Å². The van der Waals surface area contributed by atoms with E-state index in [1.807, 2.05) is 29.3 Å². The molecule has 2 aromatic rings. The Kier molecular flexibility index (Phi) is 9.22. The number of ether oxygens (including phenoxy) is 1. The Bertz CT molecular complexity index is 953. The molecule has 2 aliphatic rings. The molecule has 0 unspecified atom stereocenters. The molecule has 1 amide bonds. The van der Waals surface area contributed by atoms with Gasteiger partial charge in [0.2, 0.25) is 5.91 Å². The van der Waals surface area contributed by atoms with Gasteiger partial charge < -0.3 is 19.8 Å². The highest BCUT2D eigenvalue weighted by Gasteiger charge is 2.39. The quantitative estimate of drug-likeness (QED) is 0.638. The van der Waals surface area contributed by atoms with E-state index in [2.05, 4.69) is 29.2 Å². The minimum Gasteiger partial charge on any atom is -0.475 e. The smallest absolute Gasteiger partial charge is 0.475 e. The fraction of sp³-hybridized carbons (Fsp3) is 0.480. The largest absolute Gasteiger partial charge is 0.490 e. The van der Waals surface area contributed by atoms with Crippen molar-refractivity contribution in [2.24, 2.45) is 11.8 Å². The first-order valence-corrected chi connectivity index (χ1v) is 11.4. The van der Waals surface area contributed by atoms with Crippen LogP contribution in [0.25, 0.3) is 0 Å². The van der Waals surface area contributed by atoms with Crippen LogP contribution in [0, 0.1) is 11.8 Å². The molecular formula is C25H29F3N2O5. The highest BCUT2D eigenvalue weighted by atomic mass is 19.4. The number of piperidine rings is 1. The molecule has 35 heavy (non-hydrogen) atoms. The number of hydrogen-bond acceptors (Lipinski definition) is 5. The van der Waals surface area contributed by atoms with Crippen LogP contribution in [0.4, 0.5) is 13.2 Å². The maximum atomic E-state index is 12.8. The fourth-order valence-electron chi connectivity index (χ4n) is 4.28. The number of aliphatic carboxylic acids is 1. The number of halogens is 3. The first kappa shape index (κ1) is 26.6. The average molecular weight is 495 g/mol. The van der Waals surface area contributed by atoms with Gasteiger partial charge in [-0.2, -0.15) is 13.2 Å². The Hall–Kier alpha value is -2.98. The molecule has 1 saturated carbocycles. The van der Waals surface area contributed by atoms with Crippen molar-refractivity contribution in [1.82, 2.24) is 9.88 Å². The summed E-state index contributed by atoms with van der Waals surface area (Å²) in [7, 11) is 0. The third-order valence-corrected chi connectivity index (χ3v) is 6.21. The number of carbonyl (C=O) groups excluding carboxylic acids is 1. The molecule has 2 heterocycles. The van der Waals surface area contributed by atoms with Crippen LogP contribution in [-0.4, -0.2) is 63.4 Å². The maximum Gasteiger partial charge on any atom is 0.490 e. The van der Waals surface area contributed by atoms with Gasteiger partial charge in [0.05, 0.1) is 18.8 Å². The van der Waals surface area contributed by atoms with Crippen molar-refractivity contribution in [3.05, 3.63) is 66.0 Å². The molecule has 1 saturated heterocycles. The lowest BCUT2D eigenvalue weighted by atomic mass is 9.80. The lowest BCUT2D eigenvalue weighted by Crippen LogP contribution is -2.51. The summed E-state index contributed by atoms with van der Waals surface area (Å²) in [5, 5.41) is 16.7. The van der Waals surface area contributed by atoms with E-state index in [-0.39, 0.29) is 30.0 Å². The number of aromatic nitrogens is 1. The van der Waals surface area contributed by atoms with Gasteiger partial charge in [-0.25, -0.2) is 4.79 Å². The molecule has 1 aliphatic heterocycles. The molecule has 2 N–H and O–H groups in total. The van der Waals surface area contributed by atoms with Gasteiger partial charge in [0.25, 0.3) is 0 Å². The molecule has 0 bridgehead atoms. The van der Waals surface area contributed by atoms with E-state index in [9.17, 15) is 23.1 Å². The number of carboxylic acid groups (broad SMARTS) is 1. The van der Waals surface area contributed by atoms with Crippen LogP contribution in [-0.2, 0) is 27.4 Å². The normalized spacial score (nSPS) is 24.1. The lowest BCUT2D eigenvalue weighted by molar-refractivity contribution is -0.192. The highest BCUT2D eigenvalue weighted by molar-refractivity contribution is 5.80. The first-order chi connectivity index (χ1) is 16.6. The summed E-state index contributed by atoms with van der Waals surface area (Å²) >= 11 is 0. The zero-order valence-corrected chi connectivity index (χ0v) is 19.1. The highest BCUT2D eigenvalue weighted by Crippen LogP contribution is 2.32. The Morgan fingerprint density at radius 1 is 1.09 bits per heavy atom. The molecule has 1 aromatic carbocycles. The van der Waals surface area contributed by atoms with E-state index in [1.54, 1.807) is 6.20 Å². The van der Waals surface area contributed by atoms with Crippen molar-refractivity contribution in [2.75, 3.05) is 13.1 Å². The summed E-state index contributed by atoms with van der Waals surface area (Å²) in [6.45, 7) is 2.00. The van der Waals surface area contributed by atoms with E-state index in [0.717, 1.165) is 31.5 Å². The molecule has 1 aliphatic carbocycles. The van der Waals surface area contributed by atoms with Gasteiger partial charge in [0, 0.05) is 37.3 Å². The lowest BCUT2D eigenvalue weighted by Gasteiger charge is -2.42. The molecule has 190 valence electrons. The van der Waals surface area contributed by atoms with Crippen LogP contribution in [0.1, 0.15) is 30.4 Å². The van der Waals surface area contributed by atoms with Crippen molar-refractivity contribution in [3.63, 3.8) is 0 Å². The summed E-state index contributed by atoms with van der Waals surface area (Å²) in [4.78, 5) is 27.8. The number of rotatable bonds is 6. The van der Waals surface area contributed by atoms with Gasteiger partial charge >= 0.3 is 12.1 Å². The van der Waals surface area contributed by atoms with Crippen molar-refractivity contribution in [1.29, 1.82) is 0 Å². The number of pyridine rings is 1. The Morgan fingerprint density at radius 2 is 1.74 bits per heavy atom. The van der Waals surface area contributed by atoms with Crippen molar-refractivity contribution >= 4 is 11.9 Å². The second-order valence-corrected chi connectivity index (χ2v) is 8.86. The standard InChI is InChI=1S/C23H28N2O3.C2HF3O2/c26-21-12-19(13-21)23(27)25-10-8-22(28-16-18-7-4-9-24-14-18)20(15-25)11-17-5-2-1-3-6-17;3-2(4,5)1(6)7/h1-7,9,14,19-22,26H,8,10-13,15-16H2;(H,6,7)/t19?,20-,21?,22-;/m1./s1. The van der Waals surface area contributed by atoms with Crippen LogP contribution in [0.15, 0.2) is 54.9 Å². The predicted octanol–water partition coefficient (Wildman–Crippen LogP) is 3.46. The Labute approximate surface area is 201 Å². The third-order valence-electron chi connectivity index (χ3n) is 6.21. The maximum absolute atomic E-state index is 12.8. The van der Waals surface area contributed by atoms with Crippen LogP contribution < -0.4 is 0 Å². The summed E-state index contributed by atoms with van der Waals surface area (Å²) in [5.74, 6) is -2.29. The topological polar surface area (TPSA) is 100.0 Å². The minimum atomic E-state index is -5.08. The van der Waals surface area contributed by atoms with Gasteiger partial charge in [-0.05, 0) is 42.9 Å². The zero-order valence-electron chi connectivity index (χ0n) is 19.1. The molecule has 0 spiro atoms. The molecule has 7 nitrogen and oxygen atoms in total.